The summed E-state index contributed by atoms with van der Waals surface area (Å²) in [7, 11) is 0. The molecule has 0 radical (unpaired) electrons. The van der Waals surface area contributed by atoms with Crippen LogP contribution in [0.4, 0.5) is 0 Å². The third-order valence-corrected chi connectivity index (χ3v) is 5.78. The molecule has 0 saturated carbocycles. The molecule has 2 aromatic carbocycles. The molecule has 2 heterocycles. The summed E-state index contributed by atoms with van der Waals surface area (Å²) in [5.74, 6) is 1.16. The molecular formula is C21H18ClN3O2. The average Bonchev–Trinajstić information content (AvgIpc) is 3.40. The van der Waals surface area contributed by atoms with Gasteiger partial charge in [-0.3, -0.25) is 4.79 Å². The van der Waals surface area contributed by atoms with E-state index in [-0.39, 0.29) is 17.9 Å². The van der Waals surface area contributed by atoms with Crippen LogP contribution in [0.25, 0.3) is 11.4 Å². The molecule has 136 valence electrons. The normalized spacial score (nSPS) is 21.7. The topological polar surface area (TPSA) is 59.2 Å². The molecule has 1 aliphatic heterocycles. The largest absolute Gasteiger partial charge is 0.339 e. The van der Waals surface area contributed by atoms with E-state index in [1.165, 1.54) is 11.1 Å². The number of likely N-dealkylation sites (tertiary alicyclic amines) is 1. The Bertz CT molecular complexity index is 999. The quantitative estimate of drug-likeness (QED) is 0.677. The number of carbonyl (C=O) groups is 1. The molecule has 6 heteroatoms. The van der Waals surface area contributed by atoms with Crippen molar-refractivity contribution >= 4 is 17.5 Å². The highest BCUT2D eigenvalue weighted by Gasteiger charge is 2.40. The zero-order chi connectivity index (χ0) is 18.4. The van der Waals surface area contributed by atoms with Crippen molar-refractivity contribution in [2.75, 3.05) is 6.54 Å². The monoisotopic (exact) mass is 379 g/mol. The number of rotatable bonds is 3. The summed E-state index contributed by atoms with van der Waals surface area (Å²) in [4.78, 5) is 19.2. The van der Waals surface area contributed by atoms with Crippen LogP contribution in [-0.2, 0) is 11.2 Å². The maximum absolute atomic E-state index is 12.7. The lowest BCUT2D eigenvalue weighted by Gasteiger charge is -2.25. The molecule has 1 saturated heterocycles. The van der Waals surface area contributed by atoms with Crippen LogP contribution in [-0.4, -0.2) is 27.5 Å². The molecule has 2 unspecified atom stereocenters. The number of benzene rings is 2. The first kappa shape index (κ1) is 16.5. The van der Waals surface area contributed by atoms with Gasteiger partial charge in [-0.2, -0.15) is 4.98 Å². The molecule has 1 fully saturated rings. The number of halogens is 1. The van der Waals surface area contributed by atoms with Crippen LogP contribution < -0.4 is 0 Å². The van der Waals surface area contributed by atoms with Gasteiger partial charge in [0.15, 0.2) is 0 Å². The number of aryl methyl sites for hydroxylation is 1. The lowest BCUT2D eigenvalue weighted by atomic mass is 10.1. The van der Waals surface area contributed by atoms with E-state index in [2.05, 4.69) is 28.3 Å². The molecule has 2 aliphatic rings. The molecule has 1 aliphatic carbocycles. The summed E-state index contributed by atoms with van der Waals surface area (Å²) in [6.07, 6.45) is 2.43. The lowest BCUT2D eigenvalue weighted by Crippen LogP contribution is -2.28. The van der Waals surface area contributed by atoms with Gasteiger partial charge in [-0.1, -0.05) is 41.0 Å². The van der Waals surface area contributed by atoms with Gasteiger partial charge in [-0.15, -0.1) is 0 Å². The minimum absolute atomic E-state index is 0.0567. The van der Waals surface area contributed by atoms with Crippen molar-refractivity contribution in [2.24, 2.45) is 0 Å². The Balaban J connectivity index is 1.36. The minimum atomic E-state index is -0.0567. The van der Waals surface area contributed by atoms with Gasteiger partial charge in [0.1, 0.15) is 0 Å². The van der Waals surface area contributed by atoms with E-state index >= 15 is 0 Å². The predicted octanol–water partition coefficient (Wildman–Crippen LogP) is 4.39. The van der Waals surface area contributed by atoms with E-state index in [9.17, 15) is 4.79 Å². The number of fused-ring (bicyclic) bond motifs is 1. The van der Waals surface area contributed by atoms with Crippen molar-refractivity contribution < 1.29 is 9.32 Å². The first-order valence-electron chi connectivity index (χ1n) is 9.16. The van der Waals surface area contributed by atoms with Crippen LogP contribution in [0.1, 0.15) is 41.8 Å². The van der Waals surface area contributed by atoms with Crippen LogP contribution >= 0.6 is 11.6 Å². The van der Waals surface area contributed by atoms with Crippen LogP contribution in [0.3, 0.4) is 0 Å². The summed E-state index contributed by atoms with van der Waals surface area (Å²) in [5.41, 5.74) is 3.47. The average molecular weight is 380 g/mol. The number of hydrogen-bond donors (Lipinski definition) is 0. The van der Waals surface area contributed by atoms with Crippen molar-refractivity contribution in [2.45, 2.75) is 31.2 Å². The zero-order valence-corrected chi connectivity index (χ0v) is 15.4. The fourth-order valence-corrected chi connectivity index (χ4v) is 4.30. The molecule has 1 amide bonds. The van der Waals surface area contributed by atoms with Crippen molar-refractivity contribution in [3.8, 4) is 11.4 Å². The van der Waals surface area contributed by atoms with Gasteiger partial charge in [0.05, 0.1) is 12.0 Å². The van der Waals surface area contributed by atoms with Crippen LogP contribution in [0.5, 0.6) is 0 Å². The highest BCUT2D eigenvalue weighted by molar-refractivity contribution is 6.30. The predicted molar refractivity (Wildman–Crippen MR) is 101 cm³/mol. The maximum Gasteiger partial charge on any atom is 0.232 e. The molecule has 0 spiro atoms. The maximum atomic E-state index is 12.7. The first-order valence-corrected chi connectivity index (χ1v) is 9.53. The van der Waals surface area contributed by atoms with Gasteiger partial charge < -0.3 is 9.42 Å². The SMILES string of the molecule is O=C1CC(c2nc(-c3ccc(Cl)cc3)no2)CN1C1CCc2ccccc21. The fourth-order valence-electron chi connectivity index (χ4n) is 4.17. The van der Waals surface area contributed by atoms with Crippen molar-refractivity contribution in [3.63, 3.8) is 0 Å². The Hall–Kier alpha value is -2.66. The van der Waals surface area contributed by atoms with Gasteiger partial charge in [0, 0.05) is 23.6 Å². The third kappa shape index (κ3) is 2.92. The molecule has 0 N–H and O–H groups in total. The molecule has 2 atom stereocenters. The lowest BCUT2D eigenvalue weighted by molar-refractivity contribution is -0.129. The zero-order valence-electron chi connectivity index (χ0n) is 14.6. The minimum Gasteiger partial charge on any atom is -0.339 e. The van der Waals surface area contributed by atoms with E-state index in [0.717, 1.165) is 18.4 Å². The Morgan fingerprint density at radius 3 is 2.78 bits per heavy atom. The van der Waals surface area contributed by atoms with E-state index in [4.69, 9.17) is 16.1 Å². The molecule has 1 aromatic heterocycles. The van der Waals surface area contributed by atoms with E-state index < -0.39 is 0 Å². The summed E-state index contributed by atoms with van der Waals surface area (Å²) >= 11 is 5.93. The summed E-state index contributed by atoms with van der Waals surface area (Å²) in [5, 5.41) is 4.75. The second kappa shape index (κ2) is 6.50. The molecule has 0 bridgehead atoms. The number of carbonyl (C=O) groups excluding carboxylic acids is 1. The standard InChI is InChI=1S/C21H18ClN3O2/c22-16-8-5-14(6-9-16)20-23-21(27-24-20)15-11-19(26)25(12-15)18-10-7-13-3-1-2-4-17(13)18/h1-6,8-9,15,18H,7,10-12H2. The Morgan fingerprint density at radius 2 is 1.93 bits per heavy atom. The molecule has 5 rings (SSSR count). The first-order chi connectivity index (χ1) is 13.2. The van der Waals surface area contributed by atoms with Gasteiger partial charge >= 0.3 is 0 Å². The van der Waals surface area contributed by atoms with Gasteiger partial charge in [0.25, 0.3) is 0 Å². The summed E-state index contributed by atoms with van der Waals surface area (Å²) < 4.78 is 5.49. The van der Waals surface area contributed by atoms with Gasteiger partial charge in [-0.05, 0) is 48.2 Å². The second-order valence-corrected chi connectivity index (χ2v) is 7.60. The second-order valence-electron chi connectivity index (χ2n) is 7.16. The highest BCUT2D eigenvalue weighted by atomic mass is 35.5. The third-order valence-electron chi connectivity index (χ3n) is 5.53. The van der Waals surface area contributed by atoms with Crippen LogP contribution in [0, 0.1) is 0 Å². The van der Waals surface area contributed by atoms with Crippen molar-refractivity contribution in [1.29, 1.82) is 0 Å². The molecule has 3 aromatic rings. The van der Waals surface area contributed by atoms with E-state index in [1.807, 2.05) is 23.1 Å². The molecular weight excluding hydrogens is 362 g/mol. The Labute approximate surface area is 161 Å². The van der Waals surface area contributed by atoms with E-state index in [0.29, 0.717) is 29.7 Å². The number of nitrogens with zero attached hydrogens (tertiary/aromatic N) is 3. The van der Waals surface area contributed by atoms with Gasteiger partial charge in [-0.25, -0.2) is 0 Å². The van der Waals surface area contributed by atoms with E-state index in [1.54, 1.807) is 12.1 Å². The van der Waals surface area contributed by atoms with Crippen molar-refractivity contribution in [1.82, 2.24) is 15.0 Å². The van der Waals surface area contributed by atoms with Gasteiger partial charge in [0.2, 0.25) is 17.6 Å². The van der Waals surface area contributed by atoms with Crippen molar-refractivity contribution in [3.05, 3.63) is 70.6 Å². The van der Waals surface area contributed by atoms with Crippen LogP contribution in [0.2, 0.25) is 5.02 Å². The molecule has 5 nitrogen and oxygen atoms in total. The fraction of sp³-hybridized carbons (Fsp3) is 0.286. The number of aromatic nitrogens is 2. The number of hydrogen-bond acceptors (Lipinski definition) is 4. The Morgan fingerprint density at radius 1 is 1.11 bits per heavy atom. The summed E-state index contributed by atoms with van der Waals surface area (Å²) in [6.45, 7) is 0.625. The molecule has 27 heavy (non-hydrogen) atoms. The summed E-state index contributed by atoms with van der Waals surface area (Å²) in [6, 6.07) is 15.9. The van der Waals surface area contributed by atoms with Crippen LogP contribution in [0.15, 0.2) is 53.1 Å². The highest BCUT2D eigenvalue weighted by Crippen LogP contribution is 2.40. The Kier molecular flexibility index (Phi) is 3.97. The number of amides is 1. The smallest absolute Gasteiger partial charge is 0.232 e.